The Kier molecular flexibility index (Phi) is 5.52. The van der Waals surface area contributed by atoms with E-state index in [4.69, 9.17) is 11.6 Å². The van der Waals surface area contributed by atoms with Crippen molar-refractivity contribution in [2.45, 2.75) is 11.1 Å². The third-order valence-corrected chi connectivity index (χ3v) is 5.97. The summed E-state index contributed by atoms with van der Waals surface area (Å²) >= 11 is 7.06. The molecule has 8 nitrogen and oxygen atoms in total. The molecule has 2 N–H and O–H groups in total. The van der Waals surface area contributed by atoms with E-state index in [-0.39, 0.29) is 33.8 Å². The number of rotatable bonds is 7. The van der Waals surface area contributed by atoms with Crippen LogP contribution in [0.3, 0.4) is 0 Å². The Balaban J connectivity index is 1.89. The highest BCUT2D eigenvalue weighted by Crippen LogP contribution is 2.23. The summed E-state index contributed by atoms with van der Waals surface area (Å²) in [6.45, 7) is 2.18. The number of sulfonamides is 1. The Morgan fingerprint density at radius 1 is 1.39 bits per heavy atom. The number of pyridine rings is 1. The lowest BCUT2D eigenvalue weighted by atomic mass is 10.4. The van der Waals surface area contributed by atoms with Gasteiger partial charge < -0.3 is 5.32 Å². The quantitative estimate of drug-likeness (QED) is 0.435. The third-order valence-electron chi connectivity index (χ3n) is 2.73. The topological polar surface area (TPSA) is 114 Å². The zero-order chi connectivity index (χ0) is 17.0. The molecule has 11 heteroatoms. The zero-order valence-corrected chi connectivity index (χ0v) is 14.3. The van der Waals surface area contributed by atoms with Crippen LogP contribution in [0.4, 0.5) is 11.5 Å². The van der Waals surface area contributed by atoms with Crippen LogP contribution in [0.1, 0.15) is 4.88 Å². The number of anilines is 1. The second-order valence-electron chi connectivity index (χ2n) is 4.47. The Labute approximate surface area is 141 Å². The van der Waals surface area contributed by atoms with E-state index in [1.54, 1.807) is 12.1 Å². The molecule has 0 unspecified atom stereocenters. The fraction of sp³-hybridized carbons (Fsp3) is 0.250. The SMILES string of the molecule is Cc1ccc(S(=O)(=O)NCCNc2ncc([N+](=O)[O-])cc2Cl)s1. The Hall–Kier alpha value is -1.75. The molecule has 0 fully saturated rings. The molecule has 124 valence electrons. The number of nitrogens with one attached hydrogen (secondary N) is 2. The fourth-order valence-electron chi connectivity index (χ4n) is 1.65. The third kappa shape index (κ3) is 4.61. The standard InChI is InChI=1S/C12H13ClN4O4S2/c1-8-2-3-11(22-8)23(20,21)16-5-4-14-12-10(13)6-9(7-15-12)17(18)19/h2-3,6-7,16H,4-5H2,1H3,(H,14,15). The molecule has 23 heavy (non-hydrogen) atoms. The first-order valence-electron chi connectivity index (χ1n) is 6.39. The normalized spacial score (nSPS) is 11.4. The molecule has 0 saturated carbocycles. The molecule has 0 aromatic carbocycles. The maximum absolute atomic E-state index is 12.0. The first kappa shape index (κ1) is 17.6. The van der Waals surface area contributed by atoms with Gasteiger partial charge in [0.05, 0.1) is 9.95 Å². The average Bonchev–Trinajstić information content (AvgIpc) is 2.92. The molecule has 2 heterocycles. The number of thiophene rings is 1. The Bertz CT molecular complexity index is 822. The van der Waals surface area contributed by atoms with Crippen molar-refractivity contribution in [1.82, 2.24) is 9.71 Å². The van der Waals surface area contributed by atoms with Crippen molar-refractivity contribution in [2.75, 3.05) is 18.4 Å². The second kappa shape index (κ2) is 7.21. The molecular formula is C12H13ClN4O4S2. The van der Waals surface area contributed by atoms with Gasteiger partial charge in [-0.05, 0) is 19.1 Å². The van der Waals surface area contributed by atoms with Gasteiger partial charge in [-0.3, -0.25) is 10.1 Å². The van der Waals surface area contributed by atoms with Crippen molar-refractivity contribution in [3.05, 3.63) is 44.4 Å². The van der Waals surface area contributed by atoms with Gasteiger partial charge in [-0.2, -0.15) is 0 Å². The summed E-state index contributed by atoms with van der Waals surface area (Å²) in [5.74, 6) is 0.253. The molecule has 0 bridgehead atoms. The molecule has 2 rings (SSSR count). The van der Waals surface area contributed by atoms with Gasteiger partial charge in [-0.1, -0.05) is 11.6 Å². The van der Waals surface area contributed by atoms with Crippen molar-refractivity contribution < 1.29 is 13.3 Å². The molecule has 0 spiro atoms. The minimum atomic E-state index is -3.54. The van der Waals surface area contributed by atoms with Gasteiger partial charge in [0.25, 0.3) is 5.69 Å². The lowest BCUT2D eigenvalue weighted by molar-refractivity contribution is -0.385. The van der Waals surface area contributed by atoms with Crippen LogP contribution in [-0.4, -0.2) is 31.4 Å². The van der Waals surface area contributed by atoms with E-state index in [0.717, 1.165) is 11.1 Å². The van der Waals surface area contributed by atoms with Gasteiger partial charge in [-0.25, -0.2) is 18.1 Å². The summed E-state index contributed by atoms with van der Waals surface area (Å²) in [4.78, 5) is 14.7. The number of halogens is 1. The maximum atomic E-state index is 12.0. The second-order valence-corrected chi connectivity index (χ2v) is 8.16. The first-order chi connectivity index (χ1) is 10.8. The minimum absolute atomic E-state index is 0.0935. The van der Waals surface area contributed by atoms with Crippen LogP contribution >= 0.6 is 22.9 Å². The van der Waals surface area contributed by atoms with Gasteiger partial charge in [-0.15, -0.1) is 11.3 Å². The molecule has 0 saturated heterocycles. The van der Waals surface area contributed by atoms with Gasteiger partial charge in [0.15, 0.2) is 0 Å². The predicted molar refractivity (Wildman–Crippen MR) is 88.6 cm³/mol. The Morgan fingerprint density at radius 3 is 2.70 bits per heavy atom. The summed E-state index contributed by atoms with van der Waals surface area (Å²) in [6.07, 6.45) is 1.08. The lowest BCUT2D eigenvalue weighted by Crippen LogP contribution is -2.28. The summed E-state index contributed by atoms with van der Waals surface area (Å²) in [5.41, 5.74) is -0.214. The van der Waals surface area contributed by atoms with Crippen LogP contribution in [0.2, 0.25) is 5.02 Å². The molecular weight excluding hydrogens is 364 g/mol. The highest BCUT2D eigenvalue weighted by atomic mass is 35.5. The minimum Gasteiger partial charge on any atom is -0.368 e. The van der Waals surface area contributed by atoms with Crippen molar-refractivity contribution >= 4 is 44.5 Å². The molecule has 0 atom stereocenters. The molecule has 0 amide bonds. The monoisotopic (exact) mass is 376 g/mol. The Morgan fingerprint density at radius 2 is 2.13 bits per heavy atom. The van der Waals surface area contributed by atoms with Crippen molar-refractivity contribution in [3.8, 4) is 0 Å². The van der Waals surface area contributed by atoms with Crippen molar-refractivity contribution in [1.29, 1.82) is 0 Å². The van der Waals surface area contributed by atoms with Gasteiger partial charge in [0, 0.05) is 24.0 Å². The average molecular weight is 377 g/mol. The molecule has 0 aliphatic heterocycles. The van der Waals surface area contributed by atoms with Gasteiger partial charge >= 0.3 is 0 Å². The van der Waals surface area contributed by atoms with Crippen LogP contribution in [0.15, 0.2) is 28.6 Å². The zero-order valence-electron chi connectivity index (χ0n) is 11.9. The number of aryl methyl sites for hydroxylation is 1. The maximum Gasteiger partial charge on any atom is 0.289 e. The summed E-state index contributed by atoms with van der Waals surface area (Å²) in [5, 5.41) is 13.5. The van der Waals surface area contributed by atoms with Crippen LogP contribution in [-0.2, 0) is 10.0 Å². The molecule has 0 aliphatic rings. The predicted octanol–water partition coefficient (Wildman–Crippen LogP) is 2.40. The van der Waals surface area contributed by atoms with E-state index in [2.05, 4.69) is 15.0 Å². The van der Waals surface area contributed by atoms with E-state index in [1.165, 1.54) is 17.4 Å². The highest BCUT2D eigenvalue weighted by molar-refractivity contribution is 7.91. The number of hydrogen-bond donors (Lipinski definition) is 2. The van der Waals surface area contributed by atoms with E-state index in [1.807, 2.05) is 6.92 Å². The molecule has 2 aromatic rings. The number of hydrogen-bond acceptors (Lipinski definition) is 7. The van der Waals surface area contributed by atoms with Crippen LogP contribution in [0.5, 0.6) is 0 Å². The molecule has 0 radical (unpaired) electrons. The number of aromatic nitrogens is 1. The van der Waals surface area contributed by atoms with Gasteiger partial charge in [0.2, 0.25) is 10.0 Å². The largest absolute Gasteiger partial charge is 0.368 e. The molecule has 2 aromatic heterocycles. The van der Waals surface area contributed by atoms with E-state index in [9.17, 15) is 18.5 Å². The fourth-order valence-corrected chi connectivity index (χ4v) is 4.24. The van der Waals surface area contributed by atoms with Crippen LogP contribution in [0, 0.1) is 17.0 Å². The summed E-state index contributed by atoms with van der Waals surface area (Å²) in [7, 11) is -3.54. The van der Waals surface area contributed by atoms with E-state index in [0.29, 0.717) is 0 Å². The summed E-state index contributed by atoms with van der Waals surface area (Å²) < 4.78 is 26.7. The van der Waals surface area contributed by atoms with E-state index < -0.39 is 14.9 Å². The van der Waals surface area contributed by atoms with E-state index >= 15 is 0 Å². The van der Waals surface area contributed by atoms with Crippen LogP contribution < -0.4 is 10.0 Å². The lowest BCUT2D eigenvalue weighted by Gasteiger charge is -2.08. The van der Waals surface area contributed by atoms with Crippen LogP contribution in [0.25, 0.3) is 0 Å². The molecule has 0 aliphatic carbocycles. The number of nitrogens with zero attached hydrogens (tertiary/aromatic N) is 2. The summed E-state index contributed by atoms with van der Waals surface area (Å²) in [6, 6.07) is 4.46. The van der Waals surface area contributed by atoms with Crippen molar-refractivity contribution in [3.63, 3.8) is 0 Å². The van der Waals surface area contributed by atoms with Crippen molar-refractivity contribution in [2.24, 2.45) is 0 Å². The smallest absolute Gasteiger partial charge is 0.289 e. The van der Waals surface area contributed by atoms with Gasteiger partial charge in [0.1, 0.15) is 16.2 Å². The number of nitro groups is 1. The highest BCUT2D eigenvalue weighted by Gasteiger charge is 2.15. The first-order valence-corrected chi connectivity index (χ1v) is 9.07.